The second-order valence-corrected chi connectivity index (χ2v) is 3.31. The number of amides is 1. The van der Waals surface area contributed by atoms with E-state index in [1.807, 2.05) is 41.5 Å². The maximum absolute atomic E-state index is 11.2. The maximum atomic E-state index is 11.2. The summed E-state index contributed by atoms with van der Waals surface area (Å²) < 4.78 is 0. The topological polar surface area (TPSA) is 110 Å². The van der Waals surface area contributed by atoms with Crippen LogP contribution in [0.25, 0.3) is 0 Å². The van der Waals surface area contributed by atoms with E-state index in [1.54, 1.807) is 0 Å². The molecule has 0 fully saturated rings. The van der Waals surface area contributed by atoms with E-state index >= 15 is 0 Å². The Balaban J connectivity index is -0.000000212. The highest BCUT2D eigenvalue weighted by Crippen LogP contribution is 1.88. The van der Waals surface area contributed by atoms with Gasteiger partial charge in [-0.25, -0.2) is 0 Å². The summed E-state index contributed by atoms with van der Waals surface area (Å²) in [6.07, 6.45) is 0.0478. The van der Waals surface area contributed by atoms with Gasteiger partial charge in [-0.15, -0.1) is 0 Å². The normalized spacial score (nSPS) is 9.57. The van der Waals surface area contributed by atoms with E-state index in [9.17, 15) is 9.59 Å². The lowest BCUT2D eigenvalue weighted by atomic mass is 10.1. The maximum Gasteiger partial charge on any atom is 0.222 e. The molecule has 0 bridgehead atoms. The molecule has 1 atom stereocenters. The van der Waals surface area contributed by atoms with Gasteiger partial charge in [-0.2, -0.15) is 0 Å². The smallest absolute Gasteiger partial charge is 0.222 e. The molecule has 0 heterocycles. The monoisotopic (exact) mass is 306 g/mol. The molecule has 1 unspecified atom stereocenters. The molecule has 1 amide bonds. The summed E-state index contributed by atoms with van der Waals surface area (Å²) in [6.45, 7) is 15.9. The zero-order valence-corrected chi connectivity index (χ0v) is 15.1. The highest BCUT2D eigenvalue weighted by atomic mass is 16.2. The van der Waals surface area contributed by atoms with E-state index in [1.165, 1.54) is 6.92 Å². The van der Waals surface area contributed by atoms with Gasteiger partial charge in [0.15, 0.2) is 0 Å². The average molecular weight is 306 g/mol. The summed E-state index contributed by atoms with van der Waals surface area (Å²) in [4.78, 5) is 22.0. The molecule has 0 aromatic carbocycles. The Hall–Kier alpha value is -0.980. The Morgan fingerprint density at radius 1 is 0.952 bits per heavy atom. The van der Waals surface area contributed by atoms with E-state index < -0.39 is 6.04 Å². The molecule has 0 rings (SSSR count). The van der Waals surface area contributed by atoms with E-state index in [2.05, 4.69) is 10.6 Å². The second-order valence-electron chi connectivity index (χ2n) is 3.31. The van der Waals surface area contributed by atoms with Gasteiger partial charge in [0.25, 0.3) is 0 Å². The summed E-state index contributed by atoms with van der Waals surface area (Å²) in [7, 11) is 0. The lowest BCUT2D eigenvalue weighted by Crippen LogP contribution is -2.38. The Labute approximate surface area is 131 Å². The molecule has 6 heteroatoms. The highest BCUT2D eigenvalue weighted by Gasteiger charge is 2.12. The van der Waals surface area contributed by atoms with Crippen LogP contribution in [0.1, 0.15) is 54.9 Å². The molecule has 0 aliphatic rings. The third-order valence-electron chi connectivity index (χ3n) is 1.87. The number of hydrogen-bond donors (Lipinski definition) is 4. The van der Waals surface area contributed by atoms with Gasteiger partial charge in [0.2, 0.25) is 5.91 Å². The first-order valence-electron chi connectivity index (χ1n) is 8.01. The van der Waals surface area contributed by atoms with Gasteiger partial charge in [-0.3, -0.25) is 9.59 Å². The van der Waals surface area contributed by atoms with Crippen LogP contribution < -0.4 is 22.1 Å². The molecule has 0 aliphatic heterocycles. The van der Waals surface area contributed by atoms with Crippen molar-refractivity contribution in [3.63, 3.8) is 0 Å². The van der Waals surface area contributed by atoms with Crippen molar-refractivity contribution in [3.8, 4) is 0 Å². The molecule has 0 aliphatic carbocycles. The van der Waals surface area contributed by atoms with Crippen molar-refractivity contribution in [3.05, 3.63) is 0 Å². The molecule has 0 saturated heterocycles. The Morgan fingerprint density at radius 2 is 1.43 bits per heavy atom. The van der Waals surface area contributed by atoms with Crippen LogP contribution in [0.5, 0.6) is 0 Å². The van der Waals surface area contributed by atoms with E-state index in [0.717, 1.165) is 6.54 Å². The number of rotatable bonds is 8. The zero-order valence-electron chi connectivity index (χ0n) is 15.1. The number of carbonyl (C=O) groups excluding carboxylic acids is 2. The van der Waals surface area contributed by atoms with Crippen molar-refractivity contribution in [2.75, 3.05) is 26.2 Å². The molecule has 0 saturated carbocycles. The minimum absolute atomic E-state index is 0.0478. The predicted molar refractivity (Wildman–Crippen MR) is 92.3 cm³/mol. The van der Waals surface area contributed by atoms with Crippen LogP contribution in [0.3, 0.4) is 0 Å². The first-order chi connectivity index (χ1) is 10.1. The van der Waals surface area contributed by atoms with E-state index in [0.29, 0.717) is 19.6 Å². The van der Waals surface area contributed by atoms with Crippen LogP contribution in [0.4, 0.5) is 0 Å². The molecule has 130 valence electrons. The van der Waals surface area contributed by atoms with Crippen molar-refractivity contribution in [1.29, 1.82) is 0 Å². The Kier molecular flexibility index (Phi) is 36.8. The third-order valence-corrected chi connectivity index (χ3v) is 1.87. The Bertz CT molecular complexity index is 212. The predicted octanol–water partition coefficient (Wildman–Crippen LogP) is 1.04. The molecule has 0 spiro atoms. The molecule has 6 N–H and O–H groups in total. The van der Waals surface area contributed by atoms with Crippen molar-refractivity contribution in [2.45, 2.75) is 60.9 Å². The van der Waals surface area contributed by atoms with E-state index in [4.69, 9.17) is 11.5 Å². The van der Waals surface area contributed by atoms with Crippen LogP contribution >= 0.6 is 0 Å². The van der Waals surface area contributed by atoms with Crippen LogP contribution in [-0.4, -0.2) is 43.9 Å². The summed E-state index contributed by atoms with van der Waals surface area (Å²) in [5.41, 5.74) is 10.7. The minimum Gasteiger partial charge on any atom is -0.355 e. The van der Waals surface area contributed by atoms with Crippen molar-refractivity contribution < 1.29 is 9.59 Å². The van der Waals surface area contributed by atoms with Crippen LogP contribution in [0.2, 0.25) is 0 Å². The molecule has 0 aromatic heterocycles. The SMILES string of the molecule is CC.CC.CC.CC(=O)C(N)CC(=O)NCCNCCN. The second kappa shape index (κ2) is 27.4. The lowest BCUT2D eigenvalue weighted by Gasteiger charge is -2.08. The fraction of sp³-hybridized carbons (Fsp3) is 0.867. The van der Waals surface area contributed by atoms with Crippen molar-refractivity contribution >= 4 is 11.7 Å². The largest absolute Gasteiger partial charge is 0.355 e. The van der Waals surface area contributed by atoms with Crippen LogP contribution in [-0.2, 0) is 9.59 Å². The molecule has 6 nitrogen and oxygen atoms in total. The van der Waals surface area contributed by atoms with E-state index in [-0.39, 0.29) is 18.1 Å². The first-order valence-corrected chi connectivity index (χ1v) is 8.01. The molecular weight excluding hydrogens is 268 g/mol. The molecule has 21 heavy (non-hydrogen) atoms. The average Bonchev–Trinajstić information content (AvgIpc) is 2.53. The number of carbonyl (C=O) groups is 2. The van der Waals surface area contributed by atoms with Gasteiger partial charge in [0, 0.05) is 32.6 Å². The van der Waals surface area contributed by atoms with Gasteiger partial charge in [-0.05, 0) is 6.92 Å². The molecule has 0 aromatic rings. The number of hydrogen-bond acceptors (Lipinski definition) is 5. The Morgan fingerprint density at radius 3 is 1.81 bits per heavy atom. The highest BCUT2D eigenvalue weighted by molar-refractivity contribution is 5.87. The fourth-order valence-corrected chi connectivity index (χ4v) is 0.933. The standard InChI is InChI=1S/C9H20N4O2.3C2H6/c1-7(14)8(11)6-9(15)13-5-4-12-3-2-10;3*1-2/h8,12H,2-6,10-11H2,1H3,(H,13,15);3*1-2H3. The van der Waals surface area contributed by atoms with Crippen molar-refractivity contribution in [2.24, 2.45) is 11.5 Å². The number of Topliss-reactive ketones (excluding diaryl/α,β-unsaturated/α-hetero) is 1. The number of nitrogens with one attached hydrogen (secondary N) is 2. The summed E-state index contributed by atoms with van der Waals surface area (Å²) in [5, 5.41) is 5.68. The number of ketones is 1. The van der Waals surface area contributed by atoms with Crippen molar-refractivity contribution in [1.82, 2.24) is 10.6 Å². The van der Waals surface area contributed by atoms with Crippen LogP contribution in [0, 0.1) is 0 Å². The van der Waals surface area contributed by atoms with Gasteiger partial charge >= 0.3 is 0 Å². The lowest BCUT2D eigenvalue weighted by molar-refractivity contribution is -0.125. The third kappa shape index (κ3) is 28.0. The summed E-state index contributed by atoms with van der Waals surface area (Å²) in [6, 6.07) is -0.693. The fourth-order valence-electron chi connectivity index (χ4n) is 0.933. The quantitative estimate of drug-likeness (QED) is 0.501. The van der Waals surface area contributed by atoms with Crippen LogP contribution in [0.15, 0.2) is 0 Å². The minimum atomic E-state index is -0.693. The first kappa shape index (κ1) is 28.2. The van der Waals surface area contributed by atoms with Gasteiger partial charge < -0.3 is 22.1 Å². The molecular formula is C15H38N4O2. The zero-order chi connectivity index (χ0) is 17.7. The molecule has 0 radical (unpaired) electrons. The summed E-state index contributed by atoms with van der Waals surface area (Å²) >= 11 is 0. The number of nitrogens with two attached hydrogens (primary N) is 2. The van der Waals surface area contributed by atoms with Gasteiger partial charge in [0.1, 0.15) is 5.78 Å². The van der Waals surface area contributed by atoms with Gasteiger partial charge in [-0.1, -0.05) is 41.5 Å². The summed E-state index contributed by atoms with van der Waals surface area (Å²) in [5.74, 6) is -0.376. The van der Waals surface area contributed by atoms with Gasteiger partial charge in [0.05, 0.1) is 6.04 Å².